The molecule has 1 amide bonds. The van der Waals surface area contributed by atoms with Crippen LogP contribution in [0.2, 0.25) is 0 Å². The van der Waals surface area contributed by atoms with Crippen LogP contribution in [0.4, 0.5) is 10.5 Å². The highest BCUT2D eigenvalue weighted by Gasteiger charge is 2.18. The van der Waals surface area contributed by atoms with Crippen LogP contribution in [0.3, 0.4) is 0 Å². The number of nitrogens with one attached hydrogen (secondary N) is 1. The van der Waals surface area contributed by atoms with Gasteiger partial charge < -0.3 is 9.30 Å². The molecule has 0 spiro atoms. The van der Waals surface area contributed by atoms with Crippen molar-refractivity contribution in [3.05, 3.63) is 52.7 Å². The summed E-state index contributed by atoms with van der Waals surface area (Å²) in [4.78, 5) is 37.0. The molecule has 1 N–H and O–H groups in total. The van der Waals surface area contributed by atoms with Crippen LogP contribution < -0.4 is 5.32 Å². The van der Waals surface area contributed by atoms with Crippen molar-refractivity contribution in [1.82, 2.24) is 4.57 Å². The van der Waals surface area contributed by atoms with E-state index in [-0.39, 0.29) is 18.0 Å². The number of ether oxygens (including phenoxy) is 1. The van der Waals surface area contributed by atoms with Crippen molar-refractivity contribution in [1.29, 1.82) is 0 Å². The number of ketones is 2. The van der Waals surface area contributed by atoms with E-state index in [0.717, 1.165) is 15.6 Å². The van der Waals surface area contributed by atoms with Crippen molar-refractivity contribution >= 4 is 44.8 Å². The molecule has 0 aliphatic carbocycles. The number of anilines is 1. The Labute approximate surface area is 173 Å². The molecule has 7 heteroatoms. The number of aromatic nitrogens is 1. The smallest absolute Gasteiger partial charge is 0.412 e. The van der Waals surface area contributed by atoms with E-state index >= 15 is 0 Å². The lowest BCUT2D eigenvalue weighted by molar-refractivity contribution is 0.0635. The Hall–Kier alpha value is -2.93. The number of benzene rings is 1. The molecule has 0 bridgehead atoms. The Morgan fingerprint density at radius 1 is 1.14 bits per heavy atom. The molecule has 3 aromatic rings. The zero-order valence-corrected chi connectivity index (χ0v) is 18.0. The van der Waals surface area contributed by atoms with Gasteiger partial charge in [0, 0.05) is 24.4 Å². The van der Waals surface area contributed by atoms with Crippen LogP contribution in [0.5, 0.6) is 0 Å². The molecular weight excluding hydrogens is 388 g/mol. The number of carbonyl (C=O) groups is 3. The van der Waals surface area contributed by atoms with Crippen LogP contribution in [-0.2, 0) is 18.2 Å². The zero-order chi connectivity index (χ0) is 21.3. The maximum atomic E-state index is 12.8. The molecule has 2 heterocycles. The maximum absolute atomic E-state index is 12.8. The molecule has 3 rings (SSSR count). The Kier molecular flexibility index (Phi) is 5.61. The Bertz CT molecular complexity index is 1100. The van der Waals surface area contributed by atoms with E-state index in [9.17, 15) is 14.4 Å². The van der Waals surface area contributed by atoms with Crippen LogP contribution in [0.15, 0.2) is 36.5 Å². The summed E-state index contributed by atoms with van der Waals surface area (Å²) in [5, 5.41) is 3.61. The second-order valence-corrected chi connectivity index (χ2v) is 9.07. The van der Waals surface area contributed by atoms with Crippen LogP contribution in [0.25, 0.3) is 10.1 Å². The fraction of sp³-hybridized carbons (Fsp3) is 0.318. The highest BCUT2D eigenvalue weighted by Crippen LogP contribution is 2.27. The van der Waals surface area contributed by atoms with Gasteiger partial charge in [0.1, 0.15) is 5.60 Å². The first-order valence-corrected chi connectivity index (χ1v) is 10.1. The molecular formula is C22H24N2O4S. The summed E-state index contributed by atoms with van der Waals surface area (Å²) < 4.78 is 7.95. The summed E-state index contributed by atoms with van der Waals surface area (Å²) in [5.74, 6) is -0.0243. The molecule has 29 heavy (non-hydrogen) atoms. The largest absolute Gasteiger partial charge is 0.444 e. The van der Waals surface area contributed by atoms with Crippen LogP contribution >= 0.6 is 11.3 Å². The zero-order valence-electron chi connectivity index (χ0n) is 17.2. The fourth-order valence-electron chi connectivity index (χ4n) is 2.98. The second kappa shape index (κ2) is 7.83. The van der Waals surface area contributed by atoms with Crippen molar-refractivity contribution in [3.8, 4) is 0 Å². The molecule has 0 saturated carbocycles. The molecule has 6 nitrogen and oxygen atoms in total. The lowest BCUT2D eigenvalue weighted by Crippen LogP contribution is -2.27. The summed E-state index contributed by atoms with van der Waals surface area (Å²) in [6, 6.07) is 9.29. The van der Waals surface area contributed by atoms with Crippen molar-refractivity contribution in [2.75, 3.05) is 5.32 Å². The number of thiophene rings is 1. The lowest BCUT2D eigenvalue weighted by atomic mass is 10.1. The standard InChI is InChI=1S/C22H24N2O4S/c1-13(25)20-10-15-8-14(6-7-19(15)29-20)9-18(26)17-11-16(12-24(17)5)23-21(27)28-22(2,3)4/h6-8,10-12H,9H2,1-5H3,(H,23,27). The van der Waals surface area contributed by atoms with E-state index < -0.39 is 11.7 Å². The van der Waals surface area contributed by atoms with E-state index in [4.69, 9.17) is 4.74 Å². The summed E-state index contributed by atoms with van der Waals surface area (Å²) in [6.45, 7) is 6.91. The molecule has 0 aliphatic heterocycles. The van der Waals surface area contributed by atoms with Crippen molar-refractivity contribution in [2.45, 2.75) is 39.7 Å². The predicted molar refractivity (Wildman–Crippen MR) is 115 cm³/mol. The van der Waals surface area contributed by atoms with Crippen molar-refractivity contribution in [3.63, 3.8) is 0 Å². The molecule has 0 saturated heterocycles. The maximum Gasteiger partial charge on any atom is 0.412 e. The monoisotopic (exact) mass is 412 g/mol. The summed E-state index contributed by atoms with van der Waals surface area (Å²) in [6.07, 6.45) is 1.34. The Morgan fingerprint density at radius 2 is 1.86 bits per heavy atom. The number of nitrogens with zero attached hydrogens (tertiary/aromatic N) is 1. The summed E-state index contributed by atoms with van der Waals surface area (Å²) >= 11 is 1.45. The minimum absolute atomic E-state index is 0.0395. The van der Waals surface area contributed by atoms with Gasteiger partial charge in [-0.05, 0) is 62.9 Å². The highest BCUT2D eigenvalue weighted by molar-refractivity contribution is 7.20. The second-order valence-electron chi connectivity index (χ2n) is 7.99. The summed E-state index contributed by atoms with van der Waals surface area (Å²) in [5.41, 5.74) is 1.27. The van der Waals surface area contributed by atoms with Gasteiger partial charge in [-0.25, -0.2) is 4.79 Å². The third kappa shape index (κ3) is 5.12. The van der Waals surface area contributed by atoms with Crippen molar-refractivity contribution in [2.24, 2.45) is 7.05 Å². The Morgan fingerprint density at radius 3 is 2.52 bits per heavy atom. The van der Waals surface area contributed by atoms with Gasteiger partial charge in [0.05, 0.1) is 16.3 Å². The molecule has 0 fully saturated rings. The van der Waals surface area contributed by atoms with Crippen LogP contribution in [0.1, 0.15) is 53.4 Å². The first kappa shape index (κ1) is 20.8. The number of aryl methyl sites for hydroxylation is 1. The quantitative estimate of drug-likeness (QED) is 0.583. The van der Waals surface area contributed by atoms with Gasteiger partial charge in [-0.2, -0.15) is 0 Å². The van der Waals surface area contributed by atoms with E-state index in [1.54, 1.807) is 51.6 Å². The highest BCUT2D eigenvalue weighted by atomic mass is 32.1. The third-order valence-corrected chi connectivity index (χ3v) is 5.45. The predicted octanol–water partition coefficient (Wildman–Crippen LogP) is 5.21. The third-order valence-electron chi connectivity index (χ3n) is 4.23. The van der Waals surface area contributed by atoms with Crippen LogP contribution in [-0.4, -0.2) is 27.8 Å². The normalized spacial score (nSPS) is 11.5. The summed E-state index contributed by atoms with van der Waals surface area (Å²) in [7, 11) is 1.76. The van der Waals surface area contributed by atoms with Gasteiger partial charge in [-0.1, -0.05) is 6.07 Å². The minimum Gasteiger partial charge on any atom is -0.444 e. The molecule has 2 aromatic heterocycles. The average Bonchev–Trinajstić information content (AvgIpc) is 3.16. The van der Waals surface area contributed by atoms with E-state index in [1.807, 2.05) is 24.3 Å². The van der Waals surface area contributed by atoms with Gasteiger partial charge in [-0.15, -0.1) is 11.3 Å². The number of carbonyl (C=O) groups excluding carboxylic acids is 3. The number of amides is 1. The van der Waals surface area contributed by atoms with Gasteiger partial charge in [0.25, 0.3) is 0 Å². The Balaban J connectivity index is 1.74. The lowest BCUT2D eigenvalue weighted by Gasteiger charge is -2.19. The topological polar surface area (TPSA) is 77.4 Å². The first-order valence-electron chi connectivity index (χ1n) is 9.25. The molecule has 152 valence electrons. The molecule has 0 atom stereocenters. The molecule has 1 aromatic carbocycles. The number of rotatable bonds is 5. The van der Waals surface area contributed by atoms with Crippen molar-refractivity contribution < 1.29 is 19.1 Å². The van der Waals surface area contributed by atoms with Crippen LogP contribution in [0, 0.1) is 0 Å². The average molecular weight is 413 g/mol. The first-order chi connectivity index (χ1) is 13.5. The van der Waals surface area contributed by atoms with E-state index in [0.29, 0.717) is 16.3 Å². The number of fused-ring (bicyclic) bond motifs is 1. The van der Waals surface area contributed by atoms with E-state index in [2.05, 4.69) is 5.32 Å². The molecule has 0 radical (unpaired) electrons. The fourth-order valence-corrected chi connectivity index (χ4v) is 3.92. The van der Waals surface area contributed by atoms with Gasteiger partial charge in [0.15, 0.2) is 11.6 Å². The number of Topliss-reactive ketones (excluding diaryl/α,β-unsaturated/α-hetero) is 2. The van der Waals surface area contributed by atoms with E-state index in [1.165, 1.54) is 11.3 Å². The van der Waals surface area contributed by atoms with Gasteiger partial charge in [0.2, 0.25) is 0 Å². The molecule has 0 aliphatic rings. The minimum atomic E-state index is -0.597. The van der Waals surface area contributed by atoms with Gasteiger partial charge >= 0.3 is 6.09 Å². The molecule has 0 unspecified atom stereocenters. The number of hydrogen-bond donors (Lipinski definition) is 1. The van der Waals surface area contributed by atoms with Gasteiger partial charge in [-0.3, -0.25) is 14.9 Å². The number of hydrogen-bond acceptors (Lipinski definition) is 5. The SMILES string of the molecule is CC(=O)c1cc2cc(CC(=O)c3cc(NC(=O)OC(C)(C)C)cn3C)ccc2s1.